The number of hydrogen-bond donors (Lipinski definition) is 1. The molecule has 1 amide bonds. The predicted molar refractivity (Wildman–Crippen MR) is 87.3 cm³/mol. The molecule has 6 nitrogen and oxygen atoms in total. The fraction of sp³-hybridized carbons (Fsp3) is 0.471. The van der Waals surface area contributed by atoms with E-state index in [2.05, 4.69) is 4.98 Å². The summed E-state index contributed by atoms with van der Waals surface area (Å²) in [5, 5.41) is 10.2. The van der Waals surface area contributed by atoms with Gasteiger partial charge < -0.3 is 14.6 Å². The Balaban J connectivity index is 1.99. The van der Waals surface area contributed by atoms with E-state index < -0.39 is 11.2 Å². The first-order chi connectivity index (χ1) is 10.8. The zero-order valence-corrected chi connectivity index (χ0v) is 13.6. The largest absolute Gasteiger partial charge is 0.390 e. The standard InChI is InChI=1S/C17H21N3O3/c1-11-10-20(9-8-17(11,2)23)16(22)14-15(21)19(3)13-7-5-4-6-12(13)18-14/h4-7,11,23H,8-10H2,1-3H3/t11-,17+/m1/s1. The van der Waals surface area contributed by atoms with E-state index in [4.69, 9.17) is 0 Å². The van der Waals surface area contributed by atoms with Gasteiger partial charge in [0, 0.05) is 26.1 Å². The molecule has 0 spiro atoms. The fourth-order valence-electron chi connectivity index (χ4n) is 2.98. The van der Waals surface area contributed by atoms with Crippen LogP contribution in [0.25, 0.3) is 11.0 Å². The zero-order chi connectivity index (χ0) is 16.8. The summed E-state index contributed by atoms with van der Waals surface area (Å²) in [7, 11) is 1.65. The molecule has 0 unspecified atom stereocenters. The van der Waals surface area contributed by atoms with Gasteiger partial charge in [-0.05, 0) is 25.5 Å². The summed E-state index contributed by atoms with van der Waals surface area (Å²) in [6.07, 6.45) is 0.494. The number of aromatic nitrogens is 2. The Morgan fingerprint density at radius 3 is 2.78 bits per heavy atom. The summed E-state index contributed by atoms with van der Waals surface area (Å²) < 4.78 is 1.46. The maximum Gasteiger partial charge on any atom is 0.282 e. The van der Waals surface area contributed by atoms with Crippen LogP contribution < -0.4 is 5.56 Å². The lowest BCUT2D eigenvalue weighted by Gasteiger charge is -2.40. The van der Waals surface area contributed by atoms with Crippen molar-refractivity contribution < 1.29 is 9.90 Å². The van der Waals surface area contributed by atoms with Gasteiger partial charge in [-0.25, -0.2) is 4.98 Å². The molecule has 1 aromatic heterocycles. The van der Waals surface area contributed by atoms with Crippen LogP contribution in [0.3, 0.4) is 0 Å². The van der Waals surface area contributed by atoms with E-state index in [1.54, 1.807) is 31.0 Å². The van der Waals surface area contributed by atoms with Gasteiger partial charge in [0.25, 0.3) is 11.5 Å². The third kappa shape index (κ3) is 2.63. The maximum atomic E-state index is 12.7. The van der Waals surface area contributed by atoms with Gasteiger partial charge >= 0.3 is 0 Å². The number of carbonyl (C=O) groups excluding carboxylic acids is 1. The normalized spacial score (nSPS) is 24.9. The van der Waals surface area contributed by atoms with E-state index in [0.29, 0.717) is 30.5 Å². The first-order valence-electron chi connectivity index (χ1n) is 7.78. The van der Waals surface area contributed by atoms with Crippen LogP contribution in [-0.4, -0.2) is 44.2 Å². The quantitative estimate of drug-likeness (QED) is 0.857. The first kappa shape index (κ1) is 15.7. The lowest BCUT2D eigenvalue weighted by atomic mass is 9.84. The summed E-state index contributed by atoms with van der Waals surface area (Å²) in [5.74, 6) is -0.414. The van der Waals surface area contributed by atoms with Gasteiger partial charge in [0.05, 0.1) is 16.6 Å². The molecule has 0 radical (unpaired) electrons. The van der Waals surface area contributed by atoms with E-state index >= 15 is 0 Å². The van der Waals surface area contributed by atoms with Crippen molar-refractivity contribution in [2.24, 2.45) is 13.0 Å². The summed E-state index contributed by atoms with van der Waals surface area (Å²) in [5.41, 5.74) is 0.0936. The van der Waals surface area contributed by atoms with Gasteiger partial charge in [-0.3, -0.25) is 9.59 Å². The van der Waals surface area contributed by atoms with Gasteiger partial charge in [-0.1, -0.05) is 19.1 Å². The van der Waals surface area contributed by atoms with Crippen LogP contribution in [0, 0.1) is 5.92 Å². The van der Waals surface area contributed by atoms with Crippen molar-refractivity contribution in [1.29, 1.82) is 0 Å². The second-order valence-electron chi connectivity index (χ2n) is 6.57. The minimum atomic E-state index is -0.779. The number of fused-ring (bicyclic) bond motifs is 1. The Hall–Kier alpha value is -2.21. The Morgan fingerprint density at radius 2 is 2.09 bits per heavy atom. The van der Waals surface area contributed by atoms with Gasteiger partial charge in [-0.2, -0.15) is 0 Å². The summed E-state index contributed by atoms with van der Waals surface area (Å²) in [4.78, 5) is 31.1. The Kier molecular flexibility index (Phi) is 3.72. The molecule has 1 aliphatic heterocycles. The number of rotatable bonds is 1. The third-order valence-corrected chi connectivity index (χ3v) is 4.92. The average molecular weight is 315 g/mol. The third-order valence-electron chi connectivity index (χ3n) is 4.92. The number of likely N-dealkylation sites (tertiary alicyclic amines) is 1. The molecule has 0 aliphatic carbocycles. The molecule has 1 saturated heterocycles. The molecule has 1 N–H and O–H groups in total. The molecule has 1 aromatic carbocycles. The number of piperidine rings is 1. The summed E-state index contributed by atoms with van der Waals surface area (Å²) in [6.45, 7) is 4.54. The minimum absolute atomic E-state index is 0.0514. The van der Waals surface area contributed by atoms with Crippen LogP contribution in [0.1, 0.15) is 30.8 Å². The summed E-state index contributed by atoms with van der Waals surface area (Å²) >= 11 is 0. The lowest BCUT2D eigenvalue weighted by Crippen LogP contribution is -2.51. The van der Waals surface area contributed by atoms with Crippen molar-refractivity contribution in [3.05, 3.63) is 40.3 Å². The zero-order valence-electron chi connectivity index (χ0n) is 13.6. The minimum Gasteiger partial charge on any atom is -0.390 e. The molecule has 2 atom stereocenters. The van der Waals surface area contributed by atoms with Gasteiger partial charge in [0.2, 0.25) is 0 Å². The first-order valence-corrected chi connectivity index (χ1v) is 7.78. The highest BCUT2D eigenvalue weighted by Crippen LogP contribution is 2.27. The molecule has 6 heteroatoms. The number of carbonyl (C=O) groups is 1. The van der Waals surface area contributed by atoms with Crippen molar-refractivity contribution in [3.63, 3.8) is 0 Å². The molecule has 2 heterocycles. The van der Waals surface area contributed by atoms with Crippen LogP contribution in [0.5, 0.6) is 0 Å². The van der Waals surface area contributed by atoms with Crippen molar-refractivity contribution in [2.75, 3.05) is 13.1 Å². The highest BCUT2D eigenvalue weighted by Gasteiger charge is 2.37. The number of aryl methyl sites for hydroxylation is 1. The average Bonchev–Trinajstić information content (AvgIpc) is 2.53. The molecule has 1 aliphatic rings. The molecule has 23 heavy (non-hydrogen) atoms. The number of para-hydroxylation sites is 2. The van der Waals surface area contributed by atoms with Crippen molar-refractivity contribution in [3.8, 4) is 0 Å². The second-order valence-corrected chi connectivity index (χ2v) is 6.57. The Morgan fingerprint density at radius 1 is 1.39 bits per heavy atom. The van der Waals surface area contributed by atoms with Crippen LogP contribution in [0.15, 0.2) is 29.1 Å². The Labute approximate surface area is 134 Å². The number of amides is 1. The van der Waals surface area contributed by atoms with E-state index in [9.17, 15) is 14.7 Å². The number of benzene rings is 1. The smallest absolute Gasteiger partial charge is 0.282 e. The van der Waals surface area contributed by atoms with E-state index in [0.717, 1.165) is 0 Å². The van der Waals surface area contributed by atoms with Gasteiger partial charge in [0.1, 0.15) is 0 Å². The van der Waals surface area contributed by atoms with Gasteiger partial charge in [-0.15, -0.1) is 0 Å². The number of nitrogens with zero attached hydrogens (tertiary/aromatic N) is 3. The van der Waals surface area contributed by atoms with Crippen LogP contribution in [0.2, 0.25) is 0 Å². The molecule has 1 fully saturated rings. The number of hydrogen-bond acceptors (Lipinski definition) is 4. The Bertz CT molecular complexity index is 825. The molecule has 122 valence electrons. The molecular weight excluding hydrogens is 294 g/mol. The SMILES string of the molecule is C[C@@H]1CN(C(=O)c2nc3ccccc3n(C)c2=O)CC[C@]1(C)O. The maximum absolute atomic E-state index is 12.7. The van der Waals surface area contributed by atoms with Gasteiger partial charge in [0.15, 0.2) is 5.69 Å². The molecule has 3 rings (SSSR count). The van der Waals surface area contributed by atoms with Crippen molar-refractivity contribution >= 4 is 16.9 Å². The van der Waals surface area contributed by atoms with Crippen molar-refractivity contribution in [1.82, 2.24) is 14.5 Å². The lowest BCUT2D eigenvalue weighted by molar-refractivity contribution is -0.0441. The highest BCUT2D eigenvalue weighted by molar-refractivity contribution is 5.94. The molecule has 0 saturated carbocycles. The molecule has 0 bridgehead atoms. The van der Waals surface area contributed by atoms with E-state index in [-0.39, 0.29) is 17.5 Å². The highest BCUT2D eigenvalue weighted by atomic mass is 16.3. The second kappa shape index (κ2) is 5.45. The number of aliphatic hydroxyl groups is 1. The van der Waals surface area contributed by atoms with E-state index in [1.807, 2.05) is 19.1 Å². The fourth-order valence-corrected chi connectivity index (χ4v) is 2.98. The van der Waals surface area contributed by atoms with Crippen LogP contribution in [0.4, 0.5) is 0 Å². The van der Waals surface area contributed by atoms with Crippen molar-refractivity contribution in [2.45, 2.75) is 25.9 Å². The monoisotopic (exact) mass is 315 g/mol. The summed E-state index contributed by atoms with van der Waals surface area (Å²) in [6, 6.07) is 7.25. The van der Waals surface area contributed by atoms with E-state index in [1.165, 1.54) is 4.57 Å². The van der Waals surface area contributed by atoms with Crippen LogP contribution in [-0.2, 0) is 7.05 Å². The predicted octanol–water partition coefficient (Wildman–Crippen LogP) is 1.17. The molecular formula is C17H21N3O3. The topological polar surface area (TPSA) is 75.4 Å². The van der Waals surface area contributed by atoms with Crippen LogP contribution >= 0.6 is 0 Å². The molecule has 2 aromatic rings.